The molecule has 0 N–H and O–H groups in total. The Morgan fingerprint density at radius 3 is 2.41 bits per heavy atom. The summed E-state index contributed by atoms with van der Waals surface area (Å²) in [6, 6.07) is 14.1. The lowest BCUT2D eigenvalue weighted by Gasteiger charge is -2.37. The zero-order chi connectivity index (χ0) is 20.4. The number of hydrogen-bond donors (Lipinski definition) is 0. The van der Waals surface area contributed by atoms with Crippen molar-refractivity contribution in [2.75, 3.05) is 36.0 Å². The molecule has 0 unspecified atom stereocenters. The average molecular weight is 386 g/mol. The van der Waals surface area contributed by atoms with Gasteiger partial charge in [0.1, 0.15) is 5.82 Å². The number of aryl methyl sites for hydroxylation is 1. The molecule has 5 nitrogen and oxygen atoms in total. The summed E-state index contributed by atoms with van der Waals surface area (Å²) in [5, 5.41) is 0. The summed E-state index contributed by atoms with van der Waals surface area (Å²) in [4.78, 5) is 25.7. The fourth-order valence-corrected chi connectivity index (χ4v) is 3.80. The van der Waals surface area contributed by atoms with Gasteiger partial charge >= 0.3 is 0 Å². The molecule has 3 aromatic rings. The maximum absolute atomic E-state index is 11.7. The van der Waals surface area contributed by atoms with Crippen LogP contribution in [0.1, 0.15) is 28.4 Å². The largest absolute Gasteiger partial charge is 0.368 e. The van der Waals surface area contributed by atoms with Gasteiger partial charge in [-0.3, -0.25) is 9.78 Å². The quantitative estimate of drug-likeness (QED) is 0.626. The number of Topliss-reactive ketones (excluding diaryl/α,β-unsaturated/α-hetero) is 1. The Morgan fingerprint density at radius 2 is 1.66 bits per heavy atom. The van der Waals surface area contributed by atoms with E-state index < -0.39 is 0 Å². The van der Waals surface area contributed by atoms with Crippen LogP contribution in [-0.2, 0) is 0 Å². The topological polar surface area (TPSA) is 49.3 Å². The Balaban J connectivity index is 1.51. The molecule has 0 radical (unpaired) electrons. The highest BCUT2D eigenvalue weighted by atomic mass is 16.1. The molecule has 1 saturated heterocycles. The molecule has 2 heterocycles. The van der Waals surface area contributed by atoms with E-state index in [1.54, 1.807) is 13.1 Å². The number of aromatic nitrogens is 2. The zero-order valence-corrected chi connectivity index (χ0v) is 17.2. The van der Waals surface area contributed by atoms with Crippen LogP contribution in [0.25, 0.3) is 11.3 Å². The van der Waals surface area contributed by atoms with E-state index in [0.29, 0.717) is 5.56 Å². The monoisotopic (exact) mass is 386 g/mol. The molecular weight excluding hydrogens is 360 g/mol. The van der Waals surface area contributed by atoms with Crippen LogP contribution < -0.4 is 9.80 Å². The van der Waals surface area contributed by atoms with Crippen LogP contribution in [0.5, 0.6) is 0 Å². The van der Waals surface area contributed by atoms with E-state index in [0.717, 1.165) is 43.3 Å². The Bertz CT molecular complexity index is 1040. The molecule has 148 valence electrons. The Kier molecular flexibility index (Phi) is 5.30. The molecule has 1 aliphatic rings. The number of ketones is 1. The van der Waals surface area contributed by atoms with Gasteiger partial charge in [0, 0.05) is 43.0 Å². The predicted molar refractivity (Wildman–Crippen MR) is 118 cm³/mol. The second kappa shape index (κ2) is 8.03. The number of rotatable bonds is 4. The van der Waals surface area contributed by atoms with Crippen molar-refractivity contribution in [2.45, 2.75) is 20.8 Å². The second-order valence-corrected chi connectivity index (χ2v) is 7.59. The van der Waals surface area contributed by atoms with Gasteiger partial charge in [0.05, 0.1) is 18.1 Å². The van der Waals surface area contributed by atoms with Gasteiger partial charge in [-0.2, -0.15) is 0 Å². The van der Waals surface area contributed by atoms with Crippen molar-refractivity contribution < 1.29 is 4.79 Å². The van der Waals surface area contributed by atoms with Crippen LogP contribution in [0.2, 0.25) is 0 Å². The van der Waals surface area contributed by atoms with Crippen LogP contribution in [-0.4, -0.2) is 41.9 Å². The summed E-state index contributed by atoms with van der Waals surface area (Å²) in [5.41, 5.74) is 6.41. The molecule has 1 aromatic heterocycles. The van der Waals surface area contributed by atoms with E-state index >= 15 is 0 Å². The first-order valence-electron chi connectivity index (χ1n) is 10.0. The number of carbonyl (C=O) groups is 1. The van der Waals surface area contributed by atoms with Gasteiger partial charge in [0.2, 0.25) is 0 Å². The first-order valence-corrected chi connectivity index (χ1v) is 10.0. The van der Waals surface area contributed by atoms with Crippen LogP contribution in [0.15, 0.2) is 54.9 Å². The maximum Gasteiger partial charge on any atom is 0.159 e. The van der Waals surface area contributed by atoms with Crippen molar-refractivity contribution in [1.29, 1.82) is 0 Å². The summed E-state index contributed by atoms with van der Waals surface area (Å²) in [7, 11) is 0. The molecule has 1 fully saturated rings. The number of carbonyl (C=O) groups excluding carboxylic acids is 1. The van der Waals surface area contributed by atoms with Crippen molar-refractivity contribution in [3.05, 3.63) is 71.5 Å². The lowest BCUT2D eigenvalue weighted by Crippen LogP contribution is -2.47. The van der Waals surface area contributed by atoms with Crippen LogP contribution in [0.4, 0.5) is 11.5 Å². The van der Waals surface area contributed by atoms with Gasteiger partial charge < -0.3 is 9.80 Å². The van der Waals surface area contributed by atoms with Gasteiger partial charge in [0.25, 0.3) is 0 Å². The molecule has 1 aliphatic heterocycles. The molecule has 0 spiro atoms. The molecule has 0 saturated carbocycles. The number of anilines is 2. The van der Waals surface area contributed by atoms with Gasteiger partial charge in [-0.25, -0.2) is 4.98 Å². The van der Waals surface area contributed by atoms with E-state index in [4.69, 9.17) is 4.98 Å². The summed E-state index contributed by atoms with van der Waals surface area (Å²) in [5.74, 6) is 0.940. The SMILES string of the molecule is CC(=O)c1cccc(-c2cncc(N3CCN(c4cccc(C)c4C)CC3)n2)c1. The van der Waals surface area contributed by atoms with Crippen molar-refractivity contribution in [3.8, 4) is 11.3 Å². The minimum Gasteiger partial charge on any atom is -0.368 e. The third-order valence-electron chi connectivity index (χ3n) is 5.71. The highest BCUT2D eigenvalue weighted by Gasteiger charge is 2.20. The van der Waals surface area contributed by atoms with Crippen molar-refractivity contribution in [1.82, 2.24) is 9.97 Å². The van der Waals surface area contributed by atoms with Crippen molar-refractivity contribution in [3.63, 3.8) is 0 Å². The van der Waals surface area contributed by atoms with Crippen LogP contribution in [0, 0.1) is 13.8 Å². The predicted octanol–water partition coefficient (Wildman–Crippen LogP) is 4.29. The third kappa shape index (κ3) is 3.99. The minimum absolute atomic E-state index is 0.0542. The molecule has 29 heavy (non-hydrogen) atoms. The first kappa shape index (κ1) is 19.1. The molecule has 5 heteroatoms. The fraction of sp³-hybridized carbons (Fsp3) is 0.292. The normalized spacial score (nSPS) is 14.2. The van der Waals surface area contributed by atoms with Gasteiger partial charge in [-0.15, -0.1) is 0 Å². The molecule has 0 bridgehead atoms. The van der Waals surface area contributed by atoms with Gasteiger partial charge in [-0.05, 0) is 44.0 Å². The summed E-state index contributed by atoms with van der Waals surface area (Å²) in [6.45, 7) is 9.65. The van der Waals surface area contributed by atoms with E-state index in [9.17, 15) is 4.79 Å². The molecule has 2 aromatic carbocycles. The number of benzene rings is 2. The molecule has 4 rings (SSSR count). The first-order chi connectivity index (χ1) is 14.0. The molecular formula is C24H26N4O. The van der Waals surface area contributed by atoms with Gasteiger partial charge in [0.15, 0.2) is 5.78 Å². The van der Waals surface area contributed by atoms with E-state index in [1.165, 1.54) is 16.8 Å². The Hall–Kier alpha value is -3.21. The van der Waals surface area contributed by atoms with Crippen molar-refractivity contribution >= 4 is 17.3 Å². The van der Waals surface area contributed by atoms with Crippen LogP contribution in [0.3, 0.4) is 0 Å². The maximum atomic E-state index is 11.7. The third-order valence-corrected chi connectivity index (χ3v) is 5.71. The lowest BCUT2D eigenvalue weighted by atomic mass is 10.1. The summed E-state index contributed by atoms with van der Waals surface area (Å²) >= 11 is 0. The standard InChI is InChI=1S/C24H26N4O/c1-17-6-4-9-23(18(17)2)27-10-12-28(13-11-27)24-16-25-15-22(26-24)21-8-5-7-20(14-21)19(3)29/h4-9,14-16H,10-13H2,1-3H3. The van der Waals surface area contributed by atoms with Gasteiger partial charge in [-0.1, -0.05) is 30.3 Å². The van der Waals surface area contributed by atoms with Crippen molar-refractivity contribution in [2.24, 2.45) is 0 Å². The number of piperazine rings is 1. The number of nitrogens with zero attached hydrogens (tertiary/aromatic N) is 4. The Morgan fingerprint density at radius 1 is 0.931 bits per heavy atom. The highest BCUT2D eigenvalue weighted by molar-refractivity contribution is 5.95. The fourth-order valence-electron chi connectivity index (χ4n) is 3.80. The zero-order valence-electron chi connectivity index (χ0n) is 17.2. The summed E-state index contributed by atoms with van der Waals surface area (Å²) in [6.07, 6.45) is 3.58. The molecule has 0 aliphatic carbocycles. The summed E-state index contributed by atoms with van der Waals surface area (Å²) < 4.78 is 0. The average Bonchev–Trinajstić information content (AvgIpc) is 2.76. The second-order valence-electron chi connectivity index (χ2n) is 7.59. The molecule has 0 amide bonds. The molecule has 0 atom stereocenters. The van der Waals surface area contributed by atoms with E-state index in [2.05, 4.69) is 46.8 Å². The highest BCUT2D eigenvalue weighted by Crippen LogP contribution is 2.26. The lowest BCUT2D eigenvalue weighted by molar-refractivity contribution is 0.101. The van der Waals surface area contributed by atoms with E-state index in [1.807, 2.05) is 30.5 Å². The Labute approximate surface area is 172 Å². The minimum atomic E-state index is 0.0542. The smallest absolute Gasteiger partial charge is 0.159 e. The van der Waals surface area contributed by atoms with Crippen LogP contribution >= 0.6 is 0 Å². The number of hydrogen-bond acceptors (Lipinski definition) is 5. The van der Waals surface area contributed by atoms with E-state index in [-0.39, 0.29) is 5.78 Å².